The van der Waals surface area contributed by atoms with Crippen LogP contribution in [0.3, 0.4) is 0 Å². The van der Waals surface area contributed by atoms with E-state index in [-0.39, 0.29) is 18.1 Å². The number of nitrogens with one attached hydrogen (secondary N) is 3. The Morgan fingerprint density at radius 2 is 1.88 bits per heavy atom. The predicted octanol–water partition coefficient (Wildman–Crippen LogP) is 1.22. The van der Waals surface area contributed by atoms with Gasteiger partial charge in [0.1, 0.15) is 0 Å². The van der Waals surface area contributed by atoms with E-state index in [0.717, 1.165) is 32.6 Å². The zero-order valence-electron chi connectivity index (χ0n) is 15.0. The third kappa shape index (κ3) is 7.81. The van der Waals surface area contributed by atoms with Crippen LogP contribution >= 0.6 is 12.2 Å². The summed E-state index contributed by atoms with van der Waals surface area (Å²) in [4.78, 5) is 14.2. The summed E-state index contributed by atoms with van der Waals surface area (Å²) >= 11 is 5.16. The van der Waals surface area contributed by atoms with Crippen LogP contribution in [0.5, 0.6) is 0 Å². The standard InChI is InChI=1S/C18H28N4O2S/c1-14-12-22(13-15(2)24-14)11-9-17(23)20-21-18(25)19-10-8-16-6-4-3-5-7-16/h3-7,14-15H,8-13H2,1-2H3,(H,20,23)(H2,19,21,25)/t14-,15-/m1/s1. The minimum absolute atomic E-state index is 0.0704. The Balaban J connectivity index is 1.55. The SMILES string of the molecule is C[C@@H]1CN(CCC(=O)NNC(=S)NCCc2ccccc2)C[C@@H](C)O1. The zero-order valence-corrected chi connectivity index (χ0v) is 15.8. The highest BCUT2D eigenvalue weighted by molar-refractivity contribution is 7.80. The Morgan fingerprint density at radius 3 is 2.56 bits per heavy atom. The fraction of sp³-hybridized carbons (Fsp3) is 0.556. The van der Waals surface area contributed by atoms with Crippen molar-refractivity contribution in [3.8, 4) is 0 Å². The first-order valence-corrected chi connectivity index (χ1v) is 9.18. The van der Waals surface area contributed by atoms with Crippen LogP contribution in [0.4, 0.5) is 0 Å². The van der Waals surface area contributed by atoms with E-state index in [2.05, 4.69) is 47.0 Å². The van der Waals surface area contributed by atoms with Crippen molar-refractivity contribution in [2.24, 2.45) is 0 Å². The summed E-state index contributed by atoms with van der Waals surface area (Å²) in [6.45, 7) is 7.29. The van der Waals surface area contributed by atoms with Gasteiger partial charge in [0, 0.05) is 32.6 Å². The van der Waals surface area contributed by atoms with Gasteiger partial charge in [-0.25, -0.2) is 0 Å². The first-order chi connectivity index (χ1) is 12.0. The van der Waals surface area contributed by atoms with Gasteiger partial charge in [0.25, 0.3) is 0 Å². The van der Waals surface area contributed by atoms with Gasteiger partial charge in [-0.05, 0) is 38.0 Å². The van der Waals surface area contributed by atoms with Gasteiger partial charge in [-0.1, -0.05) is 30.3 Å². The second-order valence-corrected chi connectivity index (χ2v) is 6.84. The van der Waals surface area contributed by atoms with Crippen molar-refractivity contribution < 1.29 is 9.53 Å². The third-order valence-corrected chi connectivity index (χ3v) is 4.25. The molecule has 7 heteroatoms. The summed E-state index contributed by atoms with van der Waals surface area (Å²) in [6, 6.07) is 10.2. The molecule has 1 aliphatic rings. The van der Waals surface area contributed by atoms with Crippen LogP contribution in [-0.2, 0) is 16.0 Å². The molecule has 1 aromatic rings. The Bertz CT molecular complexity index is 545. The molecule has 0 saturated carbocycles. The van der Waals surface area contributed by atoms with Crippen LogP contribution in [0.2, 0.25) is 0 Å². The first-order valence-electron chi connectivity index (χ1n) is 8.77. The number of carbonyl (C=O) groups is 1. The lowest BCUT2D eigenvalue weighted by Gasteiger charge is -2.35. The van der Waals surface area contributed by atoms with Crippen molar-refractivity contribution in [1.29, 1.82) is 0 Å². The molecule has 1 heterocycles. The van der Waals surface area contributed by atoms with Crippen LogP contribution in [0.1, 0.15) is 25.8 Å². The number of hydrogen-bond acceptors (Lipinski definition) is 4. The average molecular weight is 365 g/mol. The van der Waals surface area contributed by atoms with E-state index in [4.69, 9.17) is 17.0 Å². The van der Waals surface area contributed by atoms with Crippen LogP contribution in [0, 0.1) is 0 Å². The molecule has 0 radical (unpaired) electrons. The molecule has 2 rings (SSSR count). The minimum atomic E-state index is -0.0704. The Labute approximate surface area is 155 Å². The second kappa shape index (κ2) is 10.3. The van der Waals surface area contributed by atoms with E-state index < -0.39 is 0 Å². The van der Waals surface area contributed by atoms with Crippen LogP contribution in [0.25, 0.3) is 0 Å². The molecular formula is C18H28N4O2S. The van der Waals surface area contributed by atoms with Crippen molar-refractivity contribution in [2.75, 3.05) is 26.2 Å². The minimum Gasteiger partial charge on any atom is -0.373 e. The monoisotopic (exact) mass is 364 g/mol. The molecule has 1 amide bonds. The molecule has 1 aliphatic heterocycles. The number of ether oxygens (including phenoxy) is 1. The summed E-state index contributed by atoms with van der Waals surface area (Å²) < 4.78 is 5.69. The third-order valence-electron chi connectivity index (χ3n) is 4.01. The quantitative estimate of drug-likeness (QED) is 0.521. The molecule has 1 aromatic carbocycles. The zero-order chi connectivity index (χ0) is 18.1. The van der Waals surface area contributed by atoms with E-state index in [1.54, 1.807) is 0 Å². The van der Waals surface area contributed by atoms with Crippen molar-refractivity contribution in [3.63, 3.8) is 0 Å². The van der Waals surface area contributed by atoms with E-state index in [0.29, 0.717) is 11.5 Å². The normalized spacial score (nSPS) is 20.7. The number of hydrogen-bond donors (Lipinski definition) is 3. The maximum Gasteiger partial charge on any atom is 0.239 e. The molecule has 0 bridgehead atoms. The van der Waals surface area contributed by atoms with Crippen molar-refractivity contribution in [2.45, 2.75) is 38.9 Å². The maximum absolute atomic E-state index is 11.9. The lowest BCUT2D eigenvalue weighted by atomic mass is 10.1. The van der Waals surface area contributed by atoms with Gasteiger partial charge in [-0.15, -0.1) is 0 Å². The highest BCUT2D eigenvalue weighted by atomic mass is 32.1. The predicted molar refractivity (Wildman–Crippen MR) is 103 cm³/mol. The number of amides is 1. The van der Waals surface area contributed by atoms with Crippen LogP contribution in [-0.4, -0.2) is 54.3 Å². The van der Waals surface area contributed by atoms with E-state index in [9.17, 15) is 4.79 Å². The van der Waals surface area contributed by atoms with Gasteiger partial charge in [-0.3, -0.25) is 20.5 Å². The molecule has 1 fully saturated rings. The van der Waals surface area contributed by atoms with Gasteiger partial charge >= 0.3 is 0 Å². The summed E-state index contributed by atoms with van der Waals surface area (Å²) in [5.74, 6) is -0.0704. The largest absolute Gasteiger partial charge is 0.373 e. The molecule has 3 N–H and O–H groups in total. The topological polar surface area (TPSA) is 65.6 Å². The number of thiocarbonyl (C=S) groups is 1. The number of nitrogens with zero attached hydrogens (tertiary/aromatic N) is 1. The lowest BCUT2D eigenvalue weighted by Crippen LogP contribution is -2.49. The lowest BCUT2D eigenvalue weighted by molar-refractivity contribution is -0.123. The smallest absolute Gasteiger partial charge is 0.239 e. The summed E-state index contributed by atoms with van der Waals surface area (Å²) in [5.41, 5.74) is 6.64. The van der Waals surface area contributed by atoms with Crippen LogP contribution < -0.4 is 16.2 Å². The summed E-state index contributed by atoms with van der Waals surface area (Å²) in [7, 11) is 0. The average Bonchev–Trinajstić information content (AvgIpc) is 2.58. The number of benzene rings is 1. The summed E-state index contributed by atoms with van der Waals surface area (Å²) in [6.07, 6.45) is 1.74. The molecule has 25 heavy (non-hydrogen) atoms. The van der Waals surface area contributed by atoms with E-state index in [1.165, 1.54) is 5.56 Å². The highest BCUT2D eigenvalue weighted by Gasteiger charge is 2.22. The van der Waals surface area contributed by atoms with Crippen LogP contribution in [0.15, 0.2) is 30.3 Å². The molecule has 2 atom stereocenters. The van der Waals surface area contributed by atoms with Gasteiger partial charge < -0.3 is 10.1 Å². The number of carbonyl (C=O) groups excluding carboxylic acids is 1. The highest BCUT2D eigenvalue weighted by Crippen LogP contribution is 2.10. The molecular weight excluding hydrogens is 336 g/mol. The Kier molecular flexibility index (Phi) is 8.11. The van der Waals surface area contributed by atoms with Gasteiger partial charge in [0.2, 0.25) is 5.91 Å². The van der Waals surface area contributed by atoms with E-state index >= 15 is 0 Å². The van der Waals surface area contributed by atoms with E-state index in [1.807, 2.05) is 18.2 Å². The summed E-state index contributed by atoms with van der Waals surface area (Å²) in [5, 5.41) is 3.51. The van der Waals surface area contributed by atoms with Crippen molar-refractivity contribution in [1.82, 2.24) is 21.1 Å². The number of rotatable bonds is 6. The second-order valence-electron chi connectivity index (χ2n) is 6.43. The number of hydrazine groups is 1. The molecule has 0 unspecified atom stereocenters. The number of morpholine rings is 1. The molecule has 138 valence electrons. The fourth-order valence-corrected chi connectivity index (χ4v) is 3.08. The molecule has 0 aliphatic carbocycles. The Morgan fingerprint density at radius 1 is 1.20 bits per heavy atom. The molecule has 6 nitrogen and oxygen atoms in total. The van der Waals surface area contributed by atoms with Crippen molar-refractivity contribution >= 4 is 23.2 Å². The van der Waals surface area contributed by atoms with Gasteiger partial charge in [-0.2, -0.15) is 0 Å². The van der Waals surface area contributed by atoms with Gasteiger partial charge in [0.15, 0.2) is 5.11 Å². The Hall–Kier alpha value is -1.70. The molecule has 0 spiro atoms. The molecule has 0 aromatic heterocycles. The first kappa shape index (κ1) is 19.6. The van der Waals surface area contributed by atoms with Crippen molar-refractivity contribution in [3.05, 3.63) is 35.9 Å². The maximum atomic E-state index is 11.9. The fourth-order valence-electron chi connectivity index (χ4n) is 2.92. The molecule has 1 saturated heterocycles. The van der Waals surface area contributed by atoms with Gasteiger partial charge in [0.05, 0.1) is 12.2 Å².